The first-order valence-corrected chi connectivity index (χ1v) is 3.65. The lowest BCUT2D eigenvalue weighted by atomic mass is 10.3. The normalized spacial score (nSPS) is 25.4. The van der Waals surface area contributed by atoms with Crippen molar-refractivity contribution in [3.8, 4) is 0 Å². The van der Waals surface area contributed by atoms with Crippen molar-refractivity contribution in [3.63, 3.8) is 0 Å². The van der Waals surface area contributed by atoms with Crippen LogP contribution in [0.1, 0.15) is 0 Å². The predicted octanol–water partition coefficient (Wildman–Crippen LogP) is -0.339. The van der Waals surface area contributed by atoms with Gasteiger partial charge >= 0.3 is 6.05 Å². The van der Waals surface area contributed by atoms with Crippen molar-refractivity contribution in [1.29, 1.82) is 0 Å². The Morgan fingerprint density at radius 3 is 2.91 bits per heavy atom. The highest BCUT2D eigenvalue weighted by Crippen LogP contribution is 2.19. The molecule has 1 rings (SSSR count). The van der Waals surface area contributed by atoms with Crippen molar-refractivity contribution in [2.24, 2.45) is 0 Å². The van der Waals surface area contributed by atoms with E-state index in [1.807, 2.05) is 0 Å². The molecule has 3 nitrogen and oxygen atoms in total. The molecule has 0 spiro atoms. The molecule has 2 N–H and O–H groups in total. The fraction of sp³-hybridized carbons (Fsp3) is 1.00. The van der Waals surface area contributed by atoms with Crippen molar-refractivity contribution < 1.29 is 8.78 Å². The van der Waals surface area contributed by atoms with Crippen molar-refractivity contribution in [1.82, 2.24) is 15.5 Å². The maximum atomic E-state index is 12.9. The van der Waals surface area contributed by atoms with Gasteiger partial charge < -0.3 is 10.6 Å². The average molecular weight is 165 g/mol. The molecule has 0 bridgehead atoms. The van der Waals surface area contributed by atoms with Gasteiger partial charge in [0.05, 0.1) is 13.2 Å². The summed E-state index contributed by atoms with van der Waals surface area (Å²) in [6.45, 7) is 1.04. The minimum atomic E-state index is -2.69. The molecule has 0 aromatic heterocycles. The summed E-state index contributed by atoms with van der Waals surface area (Å²) in [5.74, 6) is 0. The molecule has 1 saturated heterocycles. The van der Waals surface area contributed by atoms with Crippen LogP contribution in [0, 0.1) is 0 Å². The third-order valence-electron chi connectivity index (χ3n) is 1.71. The van der Waals surface area contributed by atoms with E-state index in [-0.39, 0.29) is 13.2 Å². The summed E-state index contributed by atoms with van der Waals surface area (Å²) in [5, 5.41) is 5.36. The fourth-order valence-corrected chi connectivity index (χ4v) is 1.11. The molecule has 1 aliphatic heterocycles. The Hall–Kier alpha value is -0.260. The van der Waals surface area contributed by atoms with E-state index in [4.69, 9.17) is 0 Å². The first-order chi connectivity index (χ1) is 5.17. The van der Waals surface area contributed by atoms with Gasteiger partial charge in [0.1, 0.15) is 0 Å². The van der Waals surface area contributed by atoms with E-state index >= 15 is 0 Å². The van der Waals surface area contributed by atoms with Crippen LogP contribution in [0.25, 0.3) is 0 Å². The molecule has 0 aliphatic carbocycles. The molecule has 11 heavy (non-hydrogen) atoms. The van der Waals surface area contributed by atoms with E-state index in [9.17, 15) is 8.78 Å². The van der Waals surface area contributed by atoms with Crippen LogP contribution < -0.4 is 10.6 Å². The Balaban J connectivity index is 2.45. The molecule has 0 saturated carbocycles. The summed E-state index contributed by atoms with van der Waals surface area (Å²) in [6, 6.07) is -2.69. The van der Waals surface area contributed by atoms with E-state index in [0.29, 0.717) is 13.1 Å². The van der Waals surface area contributed by atoms with Gasteiger partial charge in [-0.3, -0.25) is 0 Å². The van der Waals surface area contributed by atoms with Gasteiger partial charge in [0.2, 0.25) is 0 Å². The molecule has 66 valence electrons. The molecule has 1 aliphatic rings. The topological polar surface area (TPSA) is 27.3 Å². The Kier molecular flexibility index (Phi) is 2.75. The van der Waals surface area contributed by atoms with E-state index in [1.165, 1.54) is 0 Å². The highest BCUT2D eigenvalue weighted by Gasteiger charge is 2.38. The standard InChI is InChI=1S/C6H13F2N3/c1-9-5-11-3-2-10-4-6(11,7)8/h9-10H,2-5H2,1H3. The monoisotopic (exact) mass is 165 g/mol. The number of rotatable bonds is 2. The van der Waals surface area contributed by atoms with Gasteiger partial charge in [0, 0.05) is 13.1 Å². The zero-order chi connectivity index (χ0) is 8.32. The number of halogens is 2. The summed E-state index contributed by atoms with van der Waals surface area (Å²) in [7, 11) is 1.66. The lowest BCUT2D eigenvalue weighted by Crippen LogP contribution is -2.58. The van der Waals surface area contributed by atoms with Crippen LogP contribution in [-0.2, 0) is 0 Å². The van der Waals surface area contributed by atoms with Gasteiger partial charge in [-0.15, -0.1) is 0 Å². The molecule has 1 heterocycles. The summed E-state index contributed by atoms with van der Waals surface area (Å²) >= 11 is 0. The Labute approximate surface area is 64.7 Å². The van der Waals surface area contributed by atoms with Gasteiger partial charge in [-0.1, -0.05) is 0 Å². The van der Waals surface area contributed by atoms with Crippen LogP contribution in [0.5, 0.6) is 0 Å². The lowest BCUT2D eigenvalue weighted by molar-refractivity contribution is -0.158. The first-order valence-electron chi connectivity index (χ1n) is 3.65. The summed E-state index contributed by atoms with van der Waals surface area (Å²) in [4.78, 5) is 1.13. The van der Waals surface area contributed by atoms with Crippen LogP contribution >= 0.6 is 0 Å². The van der Waals surface area contributed by atoms with Gasteiger partial charge in [-0.05, 0) is 7.05 Å². The van der Waals surface area contributed by atoms with E-state index < -0.39 is 6.05 Å². The second-order valence-electron chi connectivity index (χ2n) is 2.62. The molecule has 0 radical (unpaired) electrons. The zero-order valence-electron chi connectivity index (χ0n) is 6.53. The molecule has 1 fully saturated rings. The Morgan fingerprint density at radius 2 is 2.36 bits per heavy atom. The van der Waals surface area contributed by atoms with E-state index in [2.05, 4.69) is 10.6 Å². The summed E-state index contributed by atoms with van der Waals surface area (Å²) < 4.78 is 25.8. The van der Waals surface area contributed by atoms with Crippen LogP contribution in [0.3, 0.4) is 0 Å². The Morgan fingerprint density at radius 1 is 1.64 bits per heavy atom. The van der Waals surface area contributed by atoms with E-state index in [1.54, 1.807) is 7.05 Å². The Bertz CT molecular complexity index is 127. The second kappa shape index (κ2) is 3.42. The number of hydrogen-bond acceptors (Lipinski definition) is 3. The number of nitrogens with one attached hydrogen (secondary N) is 2. The summed E-state index contributed by atoms with van der Waals surface area (Å²) in [6.07, 6.45) is 0. The molecular weight excluding hydrogens is 152 g/mol. The van der Waals surface area contributed by atoms with Crippen LogP contribution in [0.2, 0.25) is 0 Å². The molecule has 0 aromatic rings. The van der Waals surface area contributed by atoms with E-state index in [0.717, 1.165) is 4.90 Å². The molecule has 0 amide bonds. The van der Waals surface area contributed by atoms with Crippen LogP contribution in [0.15, 0.2) is 0 Å². The lowest BCUT2D eigenvalue weighted by Gasteiger charge is -2.35. The fourth-order valence-electron chi connectivity index (χ4n) is 1.11. The predicted molar refractivity (Wildman–Crippen MR) is 38.4 cm³/mol. The first kappa shape index (κ1) is 8.83. The van der Waals surface area contributed by atoms with Crippen molar-refractivity contribution in [2.45, 2.75) is 6.05 Å². The largest absolute Gasteiger partial charge is 0.318 e. The minimum absolute atomic E-state index is 0.241. The minimum Gasteiger partial charge on any atom is -0.309 e. The van der Waals surface area contributed by atoms with Gasteiger partial charge in [0.15, 0.2) is 0 Å². The van der Waals surface area contributed by atoms with Crippen LogP contribution in [-0.4, -0.2) is 44.3 Å². The number of piperazine rings is 1. The zero-order valence-corrected chi connectivity index (χ0v) is 6.53. The number of hydrogen-bond donors (Lipinski definition) is 2. The summed E-state index contributed by atoms with van der Waals surface area (Å²) in [5.41, 5.74) is 0. The number of nitrogens with zero attached hydrogens (tertiary/aromatic N) is 1. The van der Waals surface area contributed by atoms with Gasteiger partial charge in [-0.2, -0.15) is 8.78 Å². The average Bonchev–Trinajstić information content (AvgIpc) is 1.94. The van der Waals surface area contributed by atoms with Crippen molar-refractivity contribution in [2.75, 3.05) is 33.4 Å². The van der Waals surface area contributed by atoms with Gasteiger partial charge in [0.25, 0.3) is 0 Å². The number of alkyl halides is 2. The van der Waals surface area contributed by atoms with Crippen LogP contribution in [0.4, 0.5) is 8.78 Å². The van der Waals surface area contributed by atoms with Crippen molar-refractivity contribution >= 4 is 0 Å². The second-order valence-corrected chi connectivity index (χ2v) is 2.62. The maximum absolute atomic E-state index is 12.9. The quantitative estimate of drug-likeness (QED) is 0.548. The van der Waals surface area contributed by atoms with Gasteiger partial charge in [-0.25, -0.2) is 4.90 Å². The third-order valence-corrected chi connectivity index (χ3v) is 1.71. The molecular formula is C6H13F2N3. The maximum Gasteiger partial charge on any atom is 0.318 e. The SMILES string of the molecule is CNCN1CCNCC1(F)F. The molecule has 5 heteroatoms. The molecule has 0 aromatic carbocycles. The van der Waals surface area contributed by atoms with Crippen molar-refractivity contribution in [3.05, 3.63) is 0 Å². The smallest absolute Gasteiger partial charge is 0.309 e. The highest BCUT2D eigenvalue weighted by atomic mass is 19.3. The molecule has 0 atom stereocenters. The highest BCUT2D eigenvalue weighted by molar-refractivity contribution is 4.77. The molecule has 0 unspecified atom stereocenters. The third kappa shape index (κ3) is 2.08.